The van der Waals surface area contributed by atoms with Gasteiger partial charge in [0.25, 0.3) is 5.91 Å². The quantitative estimate of drug-likeness (QED) is 0.754. The summed E-state index contributed by atoms with van der Waals surface area (Å²) < 4.78 is 11.0. The molecule has 3 N–H and O–H groups in total. The largest absolute Gasteiger partial charge is 0.493 e. The molecule has 0 radical (unpaired) electrons. The highest BCUT2D eigenvalue weighted by molar-refractivity contribution is 7.14. The molecule has 0 unspecified atom stereocenters. The molecule has 0 fully saturated rings. The minimum absolute atomic E-state index is 0.0647. The summed E-state index contributed by atoms with van der Waals surface area (Å²) in [5.41, 5.74) is 11.0. The van der Waals surface area contributed by atoms with Gasteiger partial charge in [0.2, 0.25) is 0 Å². The molecule has 1 aromatic heterocycles. The molecule has 1 heterocycles. The van der Waals surface area contributed by atoms with E-state index in [1.165, 1.54) is 11.3 Å². The summed E-state index contributed by atoms with van der Waals surface area (Å²) in [6, 6.07) is 6.10. The van der Waals surface area contributed by atoms with Crippen LogP contribution >= 0.6 is 11.3 Å². The van der Waals surface area contributed by atoms with E-state index in [1.54, 1.807) is 14.2 Å². The number of aryl methyl sites for hydroxylation is 2. The van der Waals surface area contributed by atoms with Crippen LogP contribution in [-0.4, -0.2) is 25.7 Å². The Kier molecular flexibility index (Phi) is 5.94. The predicted octanol–water partition coefficient (Wildman–Crippen LogP) is 4.52. The Morgan fingerprint density at radius 3 is 2.34 bits per heavy atom. The number of nitrogens with one attached hydrogen (secondary N) is 1. The SMILES string of the molecule is CCc1cc(C2=C(N)CCc3cc(OC)c(OC)cc32)c(C(=O)NC(C)(C)C)s1. The highest BCUT2D eigenvalue weighted by Gasteiger charge is 2.28. The minimum Gasteiger partial charge on any atom is -0.493 e. The number of hydrogen-bond acceptors (Lipinski definition) is 5. The van der Waals surface area contributed by atoms with E-state index in [0.29, 0.717) is 16.4 Å². The van der Waals surface area contributed by atoms with Crippen LogP contribution in [0.15, 0.2) is 23.9 Å². The number of amides is 1. The predicted molar refractivity (Wildman–Crippen MR) is 119 cm³/mol. The van der Waals surface area contributed by atoms with Crippen LogP contribution in [0, 0.1) is 0 Å². The summed E-state index contributed by atoms with van der Waals surface area (Å²) in [4.78, 5) is 15.0. The molecule has 0 bridgehead atoms. The monoisotopic (exact) mass is 414 g/mol. The maximum Gasteiger partial charge on any atom is 0.262 e. The zero-order valence-electron chi connectivity index (χ0n) is 18.1. The molecule has 1 aliphatic carbocycles. The molecule has 29 heavy (non-hydrogen) atoms. The number of rotatable bonds is 5. The van der Waals surface area contributed by atoms with Crippen LogP contribution in [0.4, 0.5) is 0 Å². The first kappa shape index (κ1) is 21.2. The Bertz CT molecular complexity index is 967. The number of methoxy groups -OCH3 is 2. The average Bonchev–Trinajstić information content (AvgIpc) is 3.09. The molecular weight excluding hydrogens is 384 g/mol. The van der Waals surface area contributed by atoms with Crippen molar-refractivity contribution in [3.63, 3.8) is 0 Å². The maximum absolute atomic E-state index is 13.1. The summed E-state index contributed by atoms with van der Waals surface area (Å²) in [5, 5.41) is 3.10. The number of hydrogen-bond donors (Lipinski definition) is 2. The lowest BCUT2D eigenvalue weighted by atomic mass is 9.84. The van der Waals surface area contributed by atoms with E-state index in [2.05, 4.69) is 18.3 Å². The van der Waals surface area contributed by atoms with Crippen LogP contribution in [-0.2, 0) is 12.8 Å². The van der Waals surface area contributed by atoms with Crippen molar-refractivity contribution >= 4 is 22.8 Å². The molecule has 1 aromatic carbocycles. The summed E-state index contributed by atoms with van der Waals surface area (Å²) in [7, 11) is 3.27. The fourth-order valence-corrected chi connectivity index (χ4v) is 4.61. The van der Waals surface area contributed by atoms with Gasteiger partial charge in [0.1, 0.15) is 4.88 Å². The first-order valence-corrected chi connectivity index (χ1v) is 10.7. The topological polar surface area (TPSA) is 73.6 Å². The summed E-state index contributed by atoms with van der Waals surface area (Å²) in [6.07, 6.45) is 2.45. The number of thiophene rings is 1. The van der Waals surface area contributed by atoms with Crippen molar-refractivity contribution in [3.8, 4) is 11.5 Å². The third-order valence-corrected chi connectivity index (χ3v) is 6.24. The number of carbonyl (C=O) groups excluding carboxylic acids is 1. The van der Waals surface area contributed by atoms with Crippen molar-refractivity contribution in [1.29, 1.82) is 0 Å². The zero-order valence-corrected chi connectivity index (χ0v) is 18.9. The normalized spacial score (nSPS) is 13.9. The third kappa shape index (κ3) is 4.27. The highest BCUT2D eigenvalue weighted by atomic mass is 32.1. The Labute approximate surface area is 176 Å². The summed E-state index contributed by atoms with van der Waals surface area (Å²) in [5.74, 6) is 1.30. The Balaban J connectivity index is 2.19. The zero-order chi connectivity index (χ0) is 21.3. The van der Waals surface area contributed by atoms with Gasteiger partial charge in [0, 0.05) is 27.2 Å². The molecule has 6 heteroatoms. The van der Waals surface area contributed by atoms with Gasteiger partial charge in [0.05, 0.1) is 14.2 Å². The van der Waals surface area contributed by atoms with E-state index in [9.17, 15) is 4.79 Å². The first-order chi connectivity index (χ1) is 13.7. The van der Waals surface area contributed by atoms with Gasteiger partial charge < -0.3 is 20.5 Å². The lowest BCUT2D eigenvalue weighted by Crippen LogP contribution is -2.40. The van der Waals surface area contributed by atoms with Gasteiger partial charge in [-0.1, -0.05) is 6.92 Å². The van der Waals surface area contributed by atoms with Crippen molar-refractivity contribution in [2.45, 2.75) is 52.5 Å². The van der Waals surface area contributed by atoms with Crippen molar-refractivity contribution in [2.24, 2.45) is 5.73 Å². The van der Waals surface area contributed by atoms with Crippen LogP contribution < -0.4 is 20.5 Å². The minimum atomic E-state index is -0.314. The van der Waals surface area contributed by atoms with Crippen LogP contribution in [0.1, 0.15) is 65.4 Å². The number of carbonyl (C=O) groups is 1. The number of fused-ring (bicyclic) bond motifs is 1. The van der Waals surface area contributed by atoms with Crippen molar-refractivity contribution < 1.29 is 14.3 Å². The van der Waals surface area contributed by atoms with Gasteiger partial charge in [-0.25, -0.2) is 0 Å². The van der Waals surface area contributed by atoms with Crippen LogP contribution in [0.2, 0.25) is 0 Å². The molecule has 1 amide bonds. The van der Waals surface area contributed by atoms with E-state index >= 15 is 0 Å². The fourth-order valence-electron chi connectivity index (χ4n) is 3.61. The Hall–Kier alpha value is -2.47. The van der Waals surface area contributed by atoms with E-state index in [-0.39, 0.29) is 11.4 Å². The van der Waals surface area contributed by atoms with E-state index < -0.39 is 0 Å². The fraction of sp³-hybridized carbons (Fsp3) is 0.435. The van der Waals surface area contributed by atoms with Crippen molar-refractivity contribution in [3.05, 3.63) is 50.3 Å². The number of ether oxygens (including phenoxy) is 2. The van der Waals surface area contributed by atoms with Crippen molar-refractivity contribution in [1.82, 2.24) is 5.32 Å². The molecule has 0 saturated carbocycles. The molecular formula is C23H30N2O3S. The lowest BCUT2D eigenvalue weighted by molar-refractivity contribution is 0.0923. The molecule has 0 atom stereocenters. The lowest BCUT2D eigenvalue weighted by Gasteiger charge is -2.24. The second kappa shape index (κ2) is 8.11. The van der Waals surface area contributed by atoms with E-state index in [0.717, 1.165) is 52.1 Å². The van der Waals surface area contributed by atoms with Gasteiger partial charge in [-0.15, -0.1) is 11.3 Å². The smallest absolute Gasteiger partial charge is 0.262 e. The summed E-state index contributed by atoms with van der Waals surface area (Å²) in [6.45, 7) is 8.06. The molecule has 0 saturated heterocycles. The van der Waals surface area contributed by atoms with Crippen LogP contribution in [0.5, 0.6) is 11.5 Å². The van der Waals surface area contributed by atoms with E-state index in [4.69, 9.17) is 15.2 Å². The number of nitrogens with two attached hydrogens (primary N) is 1. The second-order valence-electron chi connectivity index (χ2n) is 8.28. The van der Waals surface area contributed by atoms with Crippen LogP contribution in [0.25, 0.3) is 5.57 Å². The number of allylic oxidation sites excluding steroid dienone is 1. The Morgan fingerprint density at radius 2 is 1.76 bits per heavy atom. The van der Waals surface area contributed by atoms with Gasteiger partial charge in [0.15, 0.2) is 11.5 Å². The Morgan fingerprint density at radius 1 is 1.10 bits per heavy atom. The molecule has 0 aliphatic heterocycles. The second-order valence-corrected chi connectivity index (χ2v) is 9.41. The first-order valence-electron chi connectivity index (χ1n) is 9.88. The molecule has 156 valence electrons. The average molecular weight is 415 g/mol. The number of benzene rings is 1. The molecule has 2 aromatic rings. The maximum atomic E-state index is 13.1. The van der Waals surface area contributed by atoms with Crippen LogP contribution in [0.3, 0.4) is 0 Å². The van der Waals surface area contributed by atoms with Gasteiger partial charge in [-0.2, -0.15) is 0 Å². The summed E-state index contributed by atoms with van der Waals surface area (Å²) >= 11 is 1.54. The van der Waals surface area contributed by atoms with E-state index in [1.807, 2.05) is 32.9 Å². The molecule has 3 rings (SSSR count). The van der Waals surface area contributed by atoms with Crippen molar-refractivity contribution in [2.75, 3.05) is 14.2 Å². The van der Waals surface area contributed by atoms with Gasteiger partial charge in [-0.3, -0.25) is 4.79 Å². The standard InChI is InChI=1S/C23H30N2O3S/c1-7-14-11-16(21(29-14)22(26)25-23(2,3)4)20-15-12-19(28-6)18(27-5)10-13(15)8-9-17(20)24/h10-12H,7-9,24H2,1-6H3,(H,25,26). The third-order valence-electron chi connectivity index (χ3n) is 4.96. The highest BCUT2D eigenvalue weighted by Crippen LogP contribution is 2.43. The molecule has 1 aliphatic rings. The van der Waals surface area contributed by atoms with Gasteiger partial charge >= 0.3 is 0 Å². The molecule has 0 spiro atoms. The van der Waals surface area contributed by atoms with Gasteiger partial charge in [-0.05, 0) is 69.4 Å². The molecule has 5 nitrogen and oxygen atoms in total.